The van der Waals surface area contributed by atoms with E-state index in [1.54, 1.807) is 34.5 Å². The Morgan fingerprint density at radius 3 is 2.94 bits per heavy atom. The predicted octanol–water partition coefficient (Wildman–Crippen LogP) is 1.44. The number of thiophene rings is 1. The van der Waals surface area contributed by atoms with Gasteiger partial charge in [-0.15, -0.1) is 11.3 Å². The first-order valence-electron chi connectivity index (χ1n) is 5.17. The van der Waals surface area contributed by atoms with Crippen LogP contribution < -0.4 is 4.72 Å². The van der Waals surface area contributed by atoms with Crippen LogP contribution in [0.15, 0.2) is 34.0 Å². The highest BCUT2D eigenvalue weighted by atomic mass is 32.2. The van der Waals surface area contributed by atoms with Crippen molar-refractivity contribution in [3.05, 3.63) is 35.5 Å². The van der Waals surface area contributed by atoms with Crippen molar-refractivity contribution in [2.75, 3.05) is 0 Å². The molecule has 17 heavy (non-hydrogen) atoms. The van der Waals surface area contributed by atoms with Gasteiger partial charge in [0.15, 0.2) is 0 Å². The molecule has 2 aromatic rings. The van der Waals surface area contributed by atoms with Gasteiger partial charge in [0.25, 0.3) is 0 Å². The number of aryl methyl sites for hydroxylation is 1. The summed E-state index contributed by atoms with van der Waals surface area (Å²) in [4.78, 5) is 0. The summed E-state index contributed by atoms with van der Waals surface area (Å²) in [7, 11) is -3.39. The standard InChI is InChI=1S/C10H13N3O2S2/c1-2-13-9(5-6-11-13)8-12-17(14,15)10-4-3-7-16-10/h3-7,12H,2,8H2,1H3. The van der Waals surface area contributed by atoms with Crippen LogP contribution in [0.1, 0.15) is 12.6 Å². The van der Waals surface area contributed by atoms with E-state index in [0.717, 1.165) is 12.2 Å². The van der Waals surface area contributed by atoms with Gasteiger partial charge in [0, 0.05) is 12.7 Å². The molecular weight excluding hydrogens is 258 g/mol. The smallest absolute Gasteiger partial charge is 0.250 e. The van der Waals surface area contributed by atoms with Crippen molar-refractivity contribution in [2.45, 2.75) is 24.2 Å². The highest BCUT2D eigenvalue weighted by Gasteiger charge is 2.15. The summed E-state index contributed by atoms with van der Waals surface area (Å²) in [5.74, 6) is 0. The van der Waals surface area contributed by atoms with E-state index in [9.17, 15) is 8.42 Å². The fourth-order valence-corrected chi connectivity index (χ4v) is 3.49. The number of nitrogens with zero attached hydrogens (tertiary/aromatic N) is 2. The van der Waals surface area contributed by atoms with Crippen molar-refractivity contribution in [3.63, 3.8) is 0 Å². The molecule has 0 bridgehead atoms. The van der Waals surface area contributed by atoms with E-state index in [2.05, 4.69) is 9.82 Å². The van der Waals surface area contributed by atoms with Crippen molar-refractivity contribution in [3.8, 4) is 0 Å². The highest BCUT2D eigenvalue weighted by Crippen LogP contribution is 2.15. The summed E-state index contributed by atoms with van der Waals surface area (Å²) in [6.07, 6.45) is 1.66. The molecule has 0 saturated carbocycles. The molecule has 7 heteroatoms. The first-order valence-corrected chi connectivity index (χ1v) is 7.53. The van der Waals surface area contributed by atoms with Crippen LogP contribution in [0, 0.1) is 0 Å². The topological polar surface area (TPSA) is 64.0 Å². The van der Waals surface area contributed by atoms with Crippen LogP contribution >= 0.6 is 11.3 Å². The monoisotopic (exact) mass is 271 g/mol. The zero-order chi connectivity index (χ0) is 12.3. The van der Waals surface area contributed by atoms with Crippen LogP contribution in [-0.4, -0.2) is 18.2 Å². The van der Waals surface area contributed by atoms with Crippen molar-refractivity contribution in [1.29, 1.82) is 0 Å². The number of hydrogen-bond donors (Lipinski definition) is 1. The number of rotatable bonds is 5. The van der Waals surface area contributed by atoms with Gasteiger partial charge in [-0.25, -0.2) is 13.1 Å². The summed E-state index contributed by atoms with van der Waals surface area (Å²) >= 11 is 1.20. The molecular formula is C10H13N3O2S2. The number of hydrogen-bond acceptors (Lipinski definition) is 4. The third-order valence-corrected chi connectivity index (χ3v) is 5.11. The van der Waals surface area contributed by atoms with Gasteiger partial charge in [-0.1, -0.05) is 6.07 Å². The first-order chi connectivity index (χ1) is 8.13. The lowest BCUT2D eigenvalue weighted by molar-refractivity contribution is 0.572. The van der Waals surface area contributed by atoms with Crippen LogP contribution in [0.4, 0.5) is 0 Å². The van der Waals surface area contributed by atoms with Crippen molar-refractivity contribution >= 4 is 21.4 Å². The zero-order valence-electron chi connectivity index (χ0n) is 9.33. The average molecular weight is 271 g/mol. The van der Waals surface area contributed by atoms with E-state index in [4.69, 9.17) is 0 Å². The highest BCUT2D eigenvalue weighted by molar-refractivity contribution is 7.91. The van der Waals surface area contributed by atoms with Crippen molar-refractivity contribution in [2.24, 2.45) is 0 Å². The van der Waals surface area contributed by atoms with Gasteiger partial charge in [-0.2, -0.15) is 5.10 Å². The molecule has 0 saturated heterocycles. The second-order valence-corrected chi connectivity index (χ2v) is 6.34. The maximum absolute atomic E-state index is 11.9. The minimum atomic E-state index is -3.39. The molecule has 2 aromatic heterocycles. The molecule has 0 aliphatic heterocycles. The molecule has 2 rings (SSSR count). The Hall–Kier alpha value is -1.18. The Balaban J connectivity index is 2.08. The maximum Gasteiger partial charge on any atom is 0.250 e. The molecule has 0 fully saturated rings. The van der Waals surface area contributed by atoms with Gasteiger partial charge in [0.05, 0.1) is 12.2 Å². The predicted molar refractivity (Wildman–Crippen MR) is 66.2 cm³/mol. The molecule has 0 aromatic carbocycles. The normalized spacial score (nSPS) is 11.8. The van der Waals surface area contributed by atoms with E-state index in [1.165, 1.54) is 11.3 Å². The fourth-order valence-electron chi connectivity index (χ4n) is 1.45. The van der Waals surface area contributed by atoms with E-state index >= 15 is 0 Å². The lowest BCUT2D eigenvalue weighted by Gasteiger charge is -2.06. The largest absolute Gasteiger partial charge is 0.269 e. The molecule has 1 N–H and O–H groups in total. The lowest BCUT2D eigenvalue weighted by atomic mass is 10.4. The van der Waals surface area contributed by atoms with E-state index < -0.39 is 10.0 Å². The van der Waals surface area contributed by atoms with Gasteiger partial charge in [-0.3, -0.25) is 4.68 Å². The van der Waals surface area contributed by atoms with Crippen molar-refractivity contribution in [1.82, 2.24) is 14.5 Å². The van der Waals surface area contributed by atoms with Gasteiger partial charge in [0.2, 0.25) is 10.0 Å². The van der Waals surface area contributed by atoms with Gasteiger partial charge in [-0.05, 0) is 24.4 Å². The quantitative estimate of drug-likeness (QED) is 0.895. The summed E-state index contributed by atoms with van der Waals surface area (Å²) in [6.45, 7) is 2.95. The molecule has 92 valence electrons. The molecule has 0 unspecified atom stereocenters. The Kier molecular flexibility index (Phi) is 3.60. The molecule has 0 radical (unpaired) electrons. The SMILES string of the molecule is CCn1nccc1CNS(=O)(=O)c1cccs1. The average Bonchev–Trinajstić information content (AvgIpc) is 2.97. The molecule has 5 nitrogen and oxygen atoms in total. The van der Waals surface area contributed by atoms with E-state index in [-0.39, 0.29) is 6.54 Å². The molecule has 2 heterocycles. The lowest BCUT2D eigenvalue weighted by Crippen LogP contribution is -2.24. The third kappa shape index (κ3) is 2.74. The van der Waals surface area contributed by atoms with Crippen LogP contribution in [0.5, 0.6) is 0 Å². The first kappa shape index (κ1) is 12.3. The van der Waals surface area contributed by atoms with E-state index in [1.807, 2.05) is 6.92 Å². The Morgan fingerprint density at radius 1 is 1.47 bits per heavy atom. The number of sulfonamides is 1. The summed E-state index contributed by atoms with van der Waals surface area (Å²) in [5.41, 5.74) is 0.854. The van der Waals surface area contributed by atoms with Gasteiger partial charge >= 0.3 is 0 Å². The van der Waals surface area contributed by atoms with Crippen molar-refractivity contribution < 1.29 is 8.42 Å². The molecule has 0 aliphatic rings. The maximum atomic E-state index is 11.9. The Bertz CT molecular complexity index is 572. The fraction of sp³-hybridized carbons (Fsp3) is 0.300. The van der Waals surface area contributed by atoms with Crippen LogP contribution in [0.25, 0.3) is 0 Å². The van der Waals surface area contributed by atoms with Crippen LogP contribution in [0.2, 0.25) is 0 Å². The second kappa shape index (κ2) is 4.99. The van der Waals surface area contributed by atoms with Crippen LogP contribution in [0.3, 0.4) is 0 Å². The van der Waals surface area contributed by atoms with Gasteiger partial charge < -0.3 is 0 Å². The second-order valence-electron chi connectivity index (χ2n) is 3.39. The Labute approximate surface area is 104 Å². The van der Waals surface area contributed by atoms with E-state index in [0.29, 0.717) is 4.21 Å². The Morgan fingerprint density at radius 2 is 2.29 bits per heavy atom. The number of aromatic nitrogens is 2. The minimum Gasteiger partial charge on any atom is -0.269 e. The summed E-state index contributed by atoms with van der Waals surface area (Å²) in [6, 6.07) is 5.11. The molecule has 0 spiro atoms. The summed E-state index contributed by atoms with van der Waals surface area (Å²) < 4.78 is 28.4. The molecule has 0 atom stereocenters. The third-order valence-electron chi connectivity index (χ3n) is 2.31. The molecule has 0 amide bonds. The zero-order valence-corrected chi connectivity index (χ0v) is 11.0. The van der Waals surface area contributed by atoms with Crippen LogP contribution in [-0.2, 0) is 23.1 Å². The molecule has 0 aliphatic carbocycles. The van der Waals surface area contributed by atoms with Gasteiger partial charge in [0.1, 0.15) is 4.21 Å². The summed E-state index contributed by atoms with van der Waals surface area (Å²) in [5, 5.41) is 5.82. The minimum absolute atomic E-state index is 0.258. The number of nitrogens with one attached hydrogen (secondary N) is 1.